The van der Waals surface area contributed by atoms with Crippen LogP contribution in [0.1, 0.15) is 38.1 Å². The minimum atomic E-state index is -3.66. The van der Waals surface area contributed by atoms with Gasteiger partial charge in [-0.3, -0.25) is 9.59 Å². The van der Waals surface area contributed by atoms with Crippen LogP contribution in [0.4, 0.5) is 5.69 Å². The fraction of sp³-hybridized carbons (Fsp3) is 0.500. The van der Waals surface area contributed by atoms with Crippen molar-refractivity contribution in [3.8, 4) is 0 Å². The van der Waals surface area contributed by atoms with E-state index in [2.05, 4.69) is 10.3 Å². The molecular weight excluding hydrogens is 430 g/mol. The summed E-state index contributed by atoms with van der Waals surface area (Å²) in [7, 11) is -1.90. The van der Waals surface area contributed by atoms with E-state index in [4.69, 9.17) is 0 Å². The predicted molar refractivity (Wildman–Crippen MR) is 121 cm³/mol. The Bertz CT molecular complexity index is 1070. The average molecular weight is 462 g/mol. The number of hydrogen-bond acceptors (Lipinski definition) is 5. The lowest BCUT2D eigenvalue weighted by molar-refractivity contribution is -0.129. The topological polar surface area (TPSA) is 105 Å². The van der Waals surface area contributed by atoms with Crippen LogP contribution in [0.25, 0.3) is 0 Å². The third-order valence-electron chi connectivity index (χ3n) is 5.91. The van der Waals surface area contributed by atoms with Crippen LogP contribution in [0.2, 0.25) is 0 Å². The Balaban J connectivity index is 1.59. The van der Waals surface area contributed by atoms with Crippen LogP contribution in [0.5, 0.6) is 0 Å². The molecule has 0 radical (unpaired) electrons. The van der Waals surface area contributed by atoms with Gasteiger partial charge >= 0.3 is 0 Å². The third kappa shape index (κ3) is 5.36. The summed E-state index contributed by atoms with van der Waals surface area (Å²) in [4.78, 5) is 30.3. The molecule has 10 heteroatoms. The highest BCUT2D eigenvalue weighted by molar-refractivity contribution is 7.89. The molecule has 2 heterocycles. The average Bonchev–Trinajstić information content (AvgIpc) is 3.11. The monoisotopic (exact) mass is 461 g/mol. The van der Waals surface area contributed by atoms with Crippen molar-refractivity contribution in [1.82, 2.24) is 18.8 Å². The summed E-state index contributed by atoms with van der Waals surface area (Å²) >= 11 is 0. The molecule has 32 heavy (non-hydrogen) atoms. The number of aromatic nitrogens is 2. The Morgan fingerprint density at radius 3 is 2.50 bits per heavy atom. The minimum Gasteiger partial charge on any atom is -0.339 e. The summed E-state index contributed by atoms with van der Waals surface area (Å²) in [5.74, 6) is 0.252. The van der Waals surface area contributed by atoms with Crippen LogP contribution < -0.4 is 5.32 Å². The van der Waals surface area contributed by atoms with Crippen LogP contribution in [0.15, 0.2) is 35.5 Å². The number of sulfonamides is 1. The highest BCUT2D eigenvalue weighted by Crippen LogP contribution is 2.25. The van der Waals surface area contributed by atoms with E-state index in [1.54, 1.807) is 23.4 Å². The zero-order valence-corrected chi connectivity index (χ0v) is 19.9. The molecule has 0 atom stereocenters. The summed E-state index contributed by atoms with van der Waals surface area (Å²) < 4.78 is 28.8. The van der Waals surface area contributed by atoms with Crippen molar-refractivity contribution in [2.24, 2.45) is 13.0 Å². The molecule has 1 aliphatic rings. The van der Waals surface area contributed by atoms with Crippen molar-refractivity contribution in [2.45, 2.75) is 45.2 Å². The fourth-order valence-corrected chi connectivity index (χ4v) is 5.29. The van der Waals surface area contributed by atoms with Gasteiger partial charge in [0.1, 0.15) is 5.82 Å². The van der Waals surface area contributed by atoms with Gasteiger partial charge in [0.2, 0.25) is 11.8 Å². The molecule has 2 aromatic rings. The molecule has 1 aromatic carbocycles. The quantitative estimate of drug-likeness (QED) is 0.680. The maximum Gasteiger partial charge on any atom is 0.262 e. The number of aryl methyl sites for hydroxylation is 2. The number of nitrogens with zero attached hydrogens (tertiary/aromatic N) is 4. The largest absolute Gasteiger partial charge is 0.339 e. The molecule has 1 aromatic heterocycles. The van der Waals surface area contributed by atoms with Crippen molar-refractivity contribution < 1.29 is 18.0 Å². The number of anilines is 1. The van der Waals surface area contributed by atoms with Gasteiger partial charge in [-0.05, 0) is 44.4 Å². The number of carbonyl (C=O) groups excluding carboxylic acids is 2. The van der Waals surface area contributed by atoms with Crippen molar-refractivity contribution in [3.05, 3.63) is 41.9 Å². The molecule has 9 nitrogen and oxygen atoms in total. The van der Waals surface area contributed by atoms with Crippen molar-refractivity contribution in [3.63, 3.8) is 0 Å². The van der Waals surface area contributed by atoms with E-state index in [0.717, 1.165) is 5.56 Å². The number of amides is 2. The molecule has 1 fully saturated rings. The van der Waals surface area contributed by atoms with Crippen LogP contribution in [0, 0.1) is 12.8 Å². The lowest BCUT2D eigenvalue weighted by Gasteiger charge is -2.30. The van der Waals surface area contributed by atoms with Gasteiger partial charge in [-0.1, -0.05) is 12.1 Å². The summed E-state index contributed by atoms with van der Waals surface area (Å²) in [6, 6.07) is 7.45. The Labute approximate surface area is 189 Å². The third-order valence-corrected chi connectivity index (χ3v) is 7.68. The van der Waals surface area contributed by atoms with Crippen LogP contribution >= 0.6 is 0 Å². The maximum absolute atomic E-state index is 12.8. The number of benzene rings is 1. The lowest BCUT2D eigenvalue weighted by atomic mass is 9.97. The molecule has 174 valence electrons. The highest BCUT2D eigenvalue weighted by atomic mass is 32.2. The second-order valence-electron chi connectivity index (χ2n) is 8.14. The van der Waals surface area contributed by atoms with Crippen molar-refractivity contribution in [2.75, 3.05) is 25.0 Å². The molecule has 2 amide bonds. The van der Waals surface area contributed by atoms with Gasteiger partial charge in [-0.25, -0.2) is 13.4 Å². The summed E-state index contributed by atoms with van der Waals surface area (Å²) in [6.07, 6.45) is 2.41. The van der Waals surface area contributed by atoms with E-state index in [1.807, 2.05) is 31.2 Å². The second-order valence-corrected chi connectivity index (χ2v) is 10.0. The zero-order chi connectivity index (χ0) is 23.5. The van der Waals surface area contributed by atoms with Gasteiger partial charge in [0.25, 0.3) is 10.0 Å². The van der Waals surface area contributed by atoms with E-state index >= 15 is 0 Å². The summed E-state index contributed by atoms with van der Waals surface area (Å²) in [5, 5.41) is 2.99. The Morgan fingerprint density at radius 1 is 1.25 bits per heavy atom. The highest BCUT2D eigenvalue weighted by Gasteiger charge is 2.33. The summed E-state index contributed by atoms with van der Waals surface area (Å²) in [5.41, 5.74) is 1.61. The van der Waals surface area contributed by atoms with E-state index in [0.29, 0.717) is 37.4 Å². The van der Waals surface area contributed by atoms with Gasteiger partial charge in [0, 0.05) is 58.0 Å². The molecule has 1 N–H and O–H groups in total. The van der Waals surface area contributed by atoms with E-state index in [1.165, 1.54) is 17.4 Å². The number of imidazole rings is 1. The first-order chi connectivity index (χ1) is 15.1. The van der Waals surface area contributed by atoms with E-state index < -0.39 is 10.0 Å². The minimum absolute atomic E-state index is 0.00418. The molecular formula is C22H31N5O4S. The van der Waals surface area contributed by atoms with Gasteiger partial charge < -0.3 is 14.8 Å². The number of piperidine rings is 1. The predicted octanol–water partition coefficient (Wildman–Crippen LogP) is 2.14. The Morgan fingerprint density at radius 2 is 1.94 bits per heavy atom. The number of carbonyl (C=O) groups is 2. The molecule has 0 unspecified atom stereocenters. The molecule has 1 aliphatic heterocycles. The standard InChI is InChI=1S/C22H31N5O4S/c1-5-26(17(3)28)14-18-7-6-8-20(13-18)24-22(29)19-9-11-27(12-10-19)32(30,31)21-15-25(4)16(2)23-21/h6-8,13,15,19H,5,9-12,14H2,1-4H3,(H,24,29). The van der Waals surface area contributed by atoms with Crippen LogP contribution in [0.3, 0.4) is 0 Å². The van der Waals surface area contributed by atoms with E-state index in [-0.39, 0.29) is 35.8 Å². The molecule has 0 bridgehead atoms. The normalized spacial score (nSPS) is 15.5. The molecule has 0 spiro atoms. The number of nitrogens with one attached hydrogen (secondary N) is 1. The SMILES string of the molecule is CCN(Cc1cccc(NC(=O)C2CCN(S(=O)(=O)c3cn(C)c(C)n3)CC2)c1)C(C)=O. The first-order valence-corrected chi connectivity index (χ1v) is 12.2. The Kier molecular flexibility index (Phi) is 7.35. The first kappa shape index (κ1) is 23.9. The zero-order valence-electron chi connectivity index (χ0n) is 19.0. The van der Waals surface area contributed by atoms with Gasteiger partial charge in [-0.2, -0.15) is 4.31 Å². The first-order valence-electron chi connectivity index (χ1n) is 10.8. The van der Waals surface area contributed by atoms with Gasteiger partial charge in [0.05, 0.1) is 0 Å². The van der Waals surface area contributed by atoms with Crippen LogP contribution in [-0.2, 0) is 33.2 Å². The van der Waals surface area contributed by atoms with Crippen molar-refractivity contribution >= 4 is 27.5 Å². The van der Waals surface area contributed by atoms with Gasteiger partial charge in [0.15, 0.2) is 5.03 Å². The maximum atomic E-state index is 12.8. The lowest BCUT2D eigenvalue weighted by Crippen LogP contribution is -2.41. The van der Waals surface area contributed by atoms with Gasteiger partial charge in [-0.15, -0.1) is 0 Å². The number of rotatable bonds is 7. The number of hydrogen-bond donors (Lipinski definition) is 1. The second kappa shape index (κ2) is 9.83. The molecule has 0 saturated carbocycles. The van der Waals surface area contributed by atoms with E-state index in [9.17, 15) is 18.0 Å². The Hall–Kier alpha value is -2.72. The smallest absolute Gasteiger partial charge is 0.262 e. The molecule has 3 rings (SSSR count). The fourth-order valence-electron chi connectivity index (χ4n) is 3.80. The van der Waals surface area contributed by atoms with Crippen molar-refractivity contribution in [1.29, 1.82) is 0 Å². The molecule has 1 saturated heterocycles. The summed E-state index contributed by atoms with van der Waals surface area (Å²) in [6.45, 7) is 6.88. The molecule has 0 aliphatic carbocycles. The van der Waals surface area contributed by atoms with Crippen LogP contribution in [-0.4, -0.2) is 58.6 Å².